The average molecular weight is 273 g/mol. The molecule has 0 aromatic carbocycles. The van der Waals surface area contributed by atoms with E-state index in [4.69, 9.17) is 4.52 Å². The summed E-state index contributed by atoms with van der Waals surface area (Å²) < 4.78 is 5.18. The lowest BCUT2D eigenvalue weighted by Crippen LogP contribution is -1.91. The Balaban J connectivity index is 2.04. The Morgan fingerprint density at radius 3 is 2.84 bits per heavy atom. The monoisotopic (exact) mass is 273 g/mol. The average Bonchev–Trinajstić information content (AvgIpc) is 2.97. The van der Waals surface area contributed by atoms with Crippen LogP contribution in [0.1, 0.15) is 11.1 Å². The molecule has 96 valence electrons. The van der Waals surface area contributed by atoms with E-state index in [0.717, 1.165) is 11.1 Å². The number of hydrogen-bond donors (Lipinski definition) is 1. The number of pyridine rings is 1. The SMILES string of the molecule is Cc1cnc(-c2noc(-c3sccc3O)n2)c(C)c1. The molecule has 1 N–H and O–H groups in total. The molecule has 0 aliphatic rings. The van der Waals surface area contributed by atoms with Gasteiger partial charge in [0.2, 0.25) is 5.82 Å². The number of aromatic nitrogens is 3. The zero-order chi connectivity index (χ0) is 13.4. The molecular weight excluding hydrogens is 262 g/mol. The molecule has 0 spiro atoms. The largest absolute Gasteiger partial charge is 0.506 e. The van der Waals surface area contributed by atoms with E-state index < -0.39 is 0 Å². The van der Waals surface area contributed by atoms with Gasteiger partial charge in [0.25, 0.3) is 5.89 Å². The van der Waals surface area contributed by atoms with Crippen LogP contribution >= 0.6 is 11.3 Å². The predicted molar refractivity (Wildman–Crippen MR) is 72.0 cm³/mol. The molecule has 6 heteroatoms. The fourth-order valence-corrected chi connectivity index (χ4v) is 2.53. The summed E-state index contributed by atoms with van der Waals surface area (Å²) >= 11 is 1.35. The van der Waals surface area contributed by atoms with Crippen LogP contribution in [0.15, 0.2) is 28.2 Å². The fraction of sp³-hybridized carbons (Fsp3) is 0.154. The van der Waals surface area contributed by atoms with E-state index in [1.165, 1.54) is 11.3 Å². The summed E-state index contributed by atoms with van der Waals surface area (Å²) in [6.07, 6.45) is 1.76. The third-order valence-corrected chi connectivity index (χ3v) is 3.58. The van der Waals surface area contributed by atoms with Crippen LogP contribution < -0.4 is 0 Å². The smallest absolute Gasteiger partial charge is 0.272 e. The van der Waals surface area contributed by atoms with Crippen LogP contribution in [0.3, 0.4) is 0 Å². The van der Waals surface area contributed by atoms with Crippen molar-refractivity contribution in [2.75, 3.05) is 0 Å². The Morgan fingerprint density at radius 1 is 1.32 bits per heavy atom. The zero-order valence-electron chi connectivity index (χ0n) is 10.4. The molecule has 0 bridgehead atoms. The summed E-state index contributed by atoms with van der Waals surface area (Å²) in [5.41, 5.74) is 2.76. The van der Waals surface area contributed by atoms with Gasteiger partial charge in [0.05, 0.1) is 0 Å². The Labute approximate surface area is 113 Å². The number of thiophene rings is 1. The number of hydrogen-bond acceptors (Lipinski definition) is 6. The van der Waals surface area contributed by atoms with Crippen molar-refractivity contribution < 1.29 is 9.63 Å². The molecular formula is C13H11N3O2S. The molecule has 0 fully saturated rings. The molecule has 19 heavy (non-hydrogen) atoms. The summed E-state index contributed by atoms with van der Waals surface area (Å²) in [6, 6.07) is 3.61. The molecule has 0 amide bonds. The molecule has 0 aliphatic carbocycles. The van der Waals surface area contributed by atoms with E-state index in [-0.39, 0.29) is 5.75 Å². The van der Waals surface area contributed by atoms with Gasteiger partial charge in [-0.1, -0.05) is 11.2 Å². The van der Waals surface area contributed by atoms with Crippen LogP contribution in [0.2, 0.25) is 0 Å². The second-order valence-electron chi connectivity index (χ2n) is 4.24. The van der Waals surface area contributed by atoms with E-state index in [1.54, 1.807) is 17.6 Å². The molecule has 0 saturated heterocycles. The van der Waals surface area contributed by atoms with Crippen LogP contribution in [0.4, 0.5) is 0 Å². The van der Waals surface area contributed by atoms with Crippen LogP contribution in [0, 0.1) is 13.8 Å². The van der Waals surface area contributed by atoms with E-state index in [0.29, 0.717) is 22.3 Å². The first-order valence-electron chi connectivity index (χ1n) is 5.69. The fourth-order valence-electron chi connectivity index (χ4n) is 1.82. The lowest BCUT2D eigenvalue weighted by Gasteiger charge is -2.00. The first kappa shape index (κ1) is 11.9. The van der Waals surface area contributed by atoms with Gasteiger partial charge in [-0.25, -0.2) is 0 Å². The van der Waals surface area contributed by atoms with Crippen LogP contribution in [0.25, 0.3) is 22.3 Å². The minimum Gasteiger partial charge on any atom is -0.506 e. The van der Waals surface area contributed by atoms with Crippen molar-refractivity contribution in [1.29, 1.82) is 0 Å². The van der Waals surface area contributed by atoms with Gasteiger partial charge in [0.1, 0.15) is 16.3 Å². The van der Waals surface area contributed by atoms with Gasteiger partial charge in [-0.05, 0) is 36.4 Å². The first-order chi connectivity index (χ1) is 9.15. The predicted octanol–water partition coefficient (Wildman–Crippen LogP) is 3.18. The maximum absolute atomic E-state index is 9.64. The number of aromatic hydroxyl groups is 1. The van der Waals surface area contributed by atoms with Crippen LogP contribution in [-0.2, 0) is 0 Å². The summed E-state index contributed by atoms with van der Waals surface area (Å²) in [5, 5.41) is 15.3. The molecule has 5 nitrogen and oxygen atoms in total. The standard InChI is InChI=1S/C13H11N3O2S/c1-7-5-8(2)10(14-6-7)12-15-13(18-16-12)11-9(17)3-4-19-11/h3-6,17H,1-2H3. The topological polar surface area (TPSA) is 72.0 Å². The van der Waals surface area contributed by atoms with E-state index in [2.05, 4.69) is 15.1 Å². The van der Waals surface area contributed by atoms with Crippen LogP contribution in [0.5, 0.6) is 5.75 Å². The quantitative estimate of drug-likeness (QED) is 0.776. The molecule has 0 radical (unpaired) electrons. The Hall–Kier alpha value is -2.21. The van der Waals surface area contributed by atoms with Crippen molar-refractivity contribution in [2.24, 2.45) is 0 Å². The second kappa shape index (κ2) is 4.47. The van der Waals surface area contributed by atoms with Crippen molar-refractivity contribution in [1.82, 2.24) is 15.1 Å². The molecule has 0 unspecified atom stereocenters. The van der Waals surface area contributed by atoms with Crippen molar-refractivity contribution in [3.05, 3.63) is 34.8 Å². The van der Waals surface area contributed by atoms with Crippen molar-refractivity contribution in [3.63, 3.8) is 0 Å². The third kappa shape index (κ3) is 2.10. The van der Waals surface area contributed by atoms with E-state index >= 15 is 0 Å². The number of aryl methyl sites for hydroxylation is 2. The molecule has 0 atom stereocenters. The van der Waals surface area contributed by atoms with Gasteiger partial charge in [-0.3, -0.25) is 4.98 Å². The number of rotatable bonds is 2. The molecule has 3 aromatic heterocycles. The second-order valence-corrected chi connectivity index (χ2v) is 5.15. The Bertz CT molecular complexity index is 733. The van der Waals surface area contributed by atoms with Gasteiger partial charge in [-0.2, -0.15) is 4.98 Å². The highest BCUT2D eigenvalue weighted by Crippen LogP contribution is 2.34. The summed E-state index contributed by atoms with van der Waals surface area (Å²) in [5.74, 6) is 0.887. The maximum Gasteiger partial charge on any atom is 0.272 e. The van der Waals surface area contributed by atoms with E-state index in [9.17, 15) is 5.11 Å². The van der Waals surface area contributed by atoms with Gasteiger partial charge in [0.15, 0.2) is 0 Å². The zero-order valence-corrected chi connectivity index (χ0v) is 11.2. The minimum atomic E-state index is 0.147. The molecule has 0 aliphatic heterocycles. The highest BCUT2D eigenvalue weighted by atomic mass is 32.1. The lowest BCUT2D eigenvalue weighted by molar-refractivity contribution is 0.427. The van der Waals surface area contributed by atoms with Gasteiger partial charge < -0.3 is 9.63 Å². The number of nitrogens with zero attached hydrogens (tertiary/aromatic N) is 3. The molecule has 3 rings (SSSR count). The molecule has 3 aromatic rings. The molecule has 3 heterocycles. The lowest BCUT2D eigenvalue weighted by atomic mass is 10.1. The van der Waals surface area contributed by atoms with Crippen molar-refractivity contribution >= 4 is 11.3 Å². The summed E-state index contributed by atoms with van der Waals surface area (Å²) in [7, 11) is 0. The van der Waals surface area contributed by atoms with E-state index in [1.807, 2.05) is 19.9 Å². The van der Waals surface area contributed by atoms with Gasteiger partial charge in [-0.15, -0.1) is 11.3 Å². The molecule has 0 saturated carbocycles. The van der Waals surface area contributed by atoms with Crippen LogP contribution in [-0.4, -0.2) is 20.2 Å². The summed E-state index contributed by atoms with van der Waals surface area (Å²) in [4.78, 5) is 9.18. The van der Waals surface area contributed by atoms with Gasteiger partial charge >= 0.3 is 0 Å². The minimum absolute atomic E-state index is 0.147. The highest BCUT2D eigenvalue weighted by Gasteiger charge is 2.16. The normalized spacial score (nSPS) is 10.8. The maximum atomic E-state index is 9.64. The Kier molecular flexibility index (Phi) is 2.79. The van der Waals surface area contributed by atoms with Crippen molar-refractivity contribution in [2.45, 2.75) is 13.8 Å². The first-order valence-corrected chi connectivity index (χ1v) is 6.57. The Morgan fingerprint density at radius 2 is 2.16 bits per heavy atom. The van der Waals surface area contributed by atoms with Gasteiger partial charge in [0, 0.05) is 6.20 Å². The highest BCUT2D eigenvalue weighted by molar-refractivity contribution is 7.13. The van der Waals surface area contributed by atoms with Crippen molar-refractivity contribution in [3.8, 4) is 28.0 Å². The summed E-state index contributed by atoms with van der Waals surface area (Å²) in [6.45, 7) is 3.93. The third-order valence-electron chi connectivity index (χ3n) is 2.69.